The molecule has 2 heterocycles. The molecule has 2 saturated heterocycles. The summed E-state index contributed by atoms with van der Waals surface area (Å²) >= 11 is 0. The first kappa shape index (κ1) is 19.1. The molecule has 150 valence electrons. The summed E-state index contributed by atoms with van der Waals surface area (Å²) in [4.78, 5) is 2.72. The Kier molecular flexibility index (Phi) is 5.35. The Hall–Kier alpha value is -0.260. The maximum atomic E-state index is 14.1. The lowest BCUT2D eigenvalue weighted by molar-refractivity contribution is -0.167. The molecule has 0 aromatic heterocycles. The number of hydrogen-bond donors (Lipinski definition) is 1. The molecular formula is C21H36F2N2O. The van der Waals surface area contributed by atoms with Crippen LogP contribution < -0.4 is 5.73 Å². The van der Waals surface area contributed by atoms with E-state index in [-0.39, 0.29) is 12.5 Å². The van der Waals surface area contributed by atoms with Crippen LogP contribution in [0.3, 0.4) is 0 Å². The van der Waals surface area contributed by atoms with Crippen molar-refractivity contribution in [2.75, 3.05) is 0 Å². The maximum absolute atomic E-state index is 14.1. The number of hydrogen-bond acceptors (Lipinski definition) is 3. The Bertz CT molecular complexity index is 494. The number of ether oxygens (including phenoxy) is 1. The van der Waals surface area contributed by atoms with Crippen molar-refractivity contribution in [2.24, 2.45) is 17.6 Å². The van der Waals surface area contributed by atoms with E-state index < -0.39 is 18.1 Å². The fourth-order valence-corrected chi connectivity index (χ4v) is 6.68. The third kappa shape index (κ3) is 3.33. The van der Waals surface area contributed by atoms with Gasteiger partial charge >= 0.3 is 0 Å². The monoisotopic (exact) mass is 370 g/mol. The second-order valence-corrected chi connectivity index (χ2v) is 9.59. The van der Waals surface area contributed by atoms with Gasteiger partial charge in [-0.2, -0.15) is 0 Å². The van der Waals surface area contributed by atoms with E-state index in [9.17, 15) is 8.78 Å². The van der Waals surface area contributed by atoms with Gasteiger partial charge in [-0.25, -0.2) is 8.78 Å². The Morgan fingerprint density at radius 1 is 1.00 bits per heavy atom. The molecule has 0 aromatic carbocycles. The molecule has 2 aliphatic heterocycles. The predicted molar refractivity (Wildman–Crippen MR) is 99.3 cm³/mol. The molecule has 0 amide bonds. The van der Waals surface area contributed by atoms with Crippen LogP contribution in [0.15, 0.2) is 0 Å². The summed E-state index contributed by atoms with van der Waals surface area (Å²) in [5.74, 6) is -1.57. The fraction of sp³-hybridized carbons (Fsp3) is 1.00. The molecule has 0 radical (unpaired) electrons. The molecule has 2 N–H and O–H groups in total. The molecule has 5 heteroatoms. The zero-order valence-corrected chi connectivity index (χ0v) is 16.4. The van der Waals surface area contributed by atoms with Crippen LogP contribution in [-0.4, -0.2) is 47.2 Å². The molecule has 3 unspecified atom stereocenters. The summed E-state index contributed by atoms with van der Waals surface area (Å²) in [6.07, 6.45) is 9.45. The lowest BCUT2D eigenvalue weighted by Gasteiger charge is -2.50. The molecule has 4 fully saturated rings. The van der Waals surface area contributed by atoms with Crippen molar-refractivity contribution < 1.29 is 13.5 Å². The van der Waals surface area contributed by atoms with Crippen LogP contribution in [0.1, 0.15) is 78.1 Å². The van der Waals surface area contributed by atoms with Gasteiger partial charge in [0.15, 0.2) is 0 Å². The number of rotatable bonds is 4. The van der Waals surface area contributed by atoms with Gasteiger partial charge < -0.3 is 10.5 Å². The van der Waals surface area contributed by atoms with Gasteiger partial charge in [-0.1, -0.05) is 25.7 Å². The van der Waals surface area contributed by atoms with Crippen LogP contribution in [0.5, 0.6) is 0 Å². The van der Waals surface area contributed by atoms with Gasteiger partial charge in [0.1, 0.15) is 0 Å². The number of nitrogens with two attached hydrogens (primary N) is 1. The van der Waals surface area contributed by atoms with Crippen LogP contribution in [0.25, 0.3) is 0 Å². The predicted octanol–water partition coefficient (Wildman–Crippen LogP) is 4.34. The van der Waals surface area contributed by atoms with Crippen LogP contribution in [0.2, 0.25) is 0 Å². The molecule has 2 aliphatic carbocycles. The first-order valence-corrected chi connectivity index (χ1v) is 10.9. The maximum Gasteiger partial charge on any atom is 0.265 e. The first-order chi connectivity index (χ1) is 12.4. The standard InChI is InChI=1S/C21H36F2N2O/c1-13(2)25-15-9-10-16(25)19(14-6-3-4-7-14)18(12-15)26-17-8-5-11-21(22,23)20(17)24/h13-20H,3-12,24H2,1-2H3/t15?,16?,17-,18-,19?,20+/m0/s1. The van der Waals surface area contributed by atoms with Crippen LogP contribution in [0, 0.1) is 11.8 Å². The van der Waals surface area contributed by atoms with Crippen LogP contribution in [0.4, 0.5) is 8.78 Å². The van der Waals surface area contributed by atoms with Crippen molar-refractivity contribution in [1.82, 2.24) is 4.90 Å². The number of fused-ring (bicyclic) bond motifs is 2. The Labute approximate surface area is 157 Å². The Balaban J connectivity index is 1.54. The first-order valence-electron chi connectivity index (χ1n) is 10.9. The van der Waals surface area contributed by atoms with Crippen molar-refractivity contribution in [3.8, 4) is 0 Å². The molecule has 0 aromatic rings. The van der Waals surface area contributed by atoms with E-state index in [0.29, 0.717) is 42.8 Å². The second-order valence-electron chi connectivity index (χ2n) is 9.59. The van der Waals surface area contributed by atoms with Crippen molar-refractivity contribution in [3.63, 3.8) is 0 Å². The number of nitrogens with zero attached hydrogens (tertiary/aromatic N) is 1. The molecule has 4 aliphatic rings. The van der Waals surface area contributed by atoms with E-state index >= 15 is 0 Å². The molecule has 0 spiro atoms. The zero-order chi connectivity index (χ0) is 18.5. The summed E-state index contributed by atoms with van der Waals surface area (Å²) in [7, 11) is 0. The summed E-state index contributed by atoms with van der Waals surface area (Å²) < 4.78 is 34.7. The van der Waals surface area contributed by atoms with E-state index in [4.69, 9.17) is 10.5 Å². The number of halogens is 2. The summed E-state index contributed by atoms with van der Waals surface area (Å²) in [6, 6.07) is 0.546. The van der Waals surface area contributed by atoms with Crippen molar-refractivity contribution in [2.45, 2.75) is 120 Å². The summed E-state index contributed by atoms with van der Waals surface area (Å²) in [5, 5.41) is 0. The molecular weight excluding hydrogens is 334 g/mol. The topological polar surface area (TPSA) is 38.5 Å². The lowest BCUT2D eigenvalue weighted by Crippen LogP contribution is -2.59. The highest BCUT2D eigenvalue weighted by Crippen LogP contribution is 2.49. The minimum Gasteiger partial charge on any atom is -0.373 e. The van der Waals surface area contributed by atoms with Gasteiger partial charge in [0.25, 0.3) is 5.92 Å². The Morgan fingerprint density at radius 3 is 2.42 bits per heavy atom. The van der Waals surface area contributed by atoms with E-state index in [1.165, 1.54) is 38.5 Å². The van der Waals surface area contributed by atoms with E-state index in [0.717, 1.165) is 6.42 Å². The number of alkyl halides is 2. The molecule has 26 heavy (non-hydrogen) atoms. The third-order valence-corrected chi connectivity index (χ3v) is 7.76. The van der Waals surface area contributed by atoms with Gasteiger partial charge in [-0.3, -0.25) is 4.90 Å². The van der Waals surface area contributed by atoms with E-state index in [1.807, 2.05) is 0 Å². The molecule has 2 bridgehead atoms. The molecule has 4 rings (SSSR count). The highest BCUT2D eigenvalue weighted by molar-refractivity contribution is 5.05. The third-order valence-electron chi connectivity index (χ3n) is 7.76. The Morgan fingerprint density at radius 2 is 1.73 bits per heavy atom. The fourth-order valence-electron chi connectivity index (χ4n) is 6.68. The SMILES string of the molecule is CC(C)N1C2CCC1C(C1CCCC1)[C@@H](O[C@H]1CCCC(F)(F)[C@@H]1N)C2. The van der Waals surface area contributed by atoms with Gasteiger partial charge in [-0.15, -0.1) is 0 Å². The van der Waals surface area contributed by atoms with Crippen molar-refractivity contribution >= 4 is 0 Å². The largest absolute Gasteiger partial charge is 0.373 e. The average molecular weight is 371 g/mol. The van der Waals surface area contributed by atoms with Crippen molar-refractivity contribution in [1.29, 1.82) is 0 Å². The lowest BCUT2D eigenvalue weighted by atomic mass is 9.76. The molecule has 6 atom stereocenters. The van der Waals surface area contributed by atoms with E-state index in [1.54, 1.807) is 0 Å². The quantitative estimate of drug-likeness (QED) is 0.800. The minimum absolute atomic E-state index is 0.0862. The van der Waals surface area contributed by atoms with Gasteiger partial charge in [0.05, 0.1) is 18.2 Å². The normalized spacial score (nSPS) is 44.1. The van der Waals surface area contributed by atoms with Crippen LogP contribution in [-0.2, 0) is 4.74 Å². The van der Waals surface area contributed by atoms with Crippen LogP contribution >= 0.6 is 0 Å². The number of piperidine rings is 1. The second kappa shape index (κ2) is 7.29. The van der Waals surface area contributed by atoms with Gasteiger partial charge in [0.2, 0.25) is 0 Å². The molecule has 2 saturated carbocycles. The smallest absolute Gasteiger partial charge is 0.265 e. The van der Waals surface area contributed by atoms with E-state index in [2.05, 4.69) is 18.7 Å². The zero-order valence-electron chi connectivity index (χ0n) is 16.4. The highest BCUT2D eigenvalue weighted by atomic mass is 19.3. The van der Waals surface area contributed by atoms with Gasteiger partial charge in [-0.05, 0) is 51.9 Å². The average Bonchev–Trinajstić information content (AvgIpc) is 3.20. The minimum atomic E-state index is -2.77. The van der Waals surface area contributed by atoms with Crippen molar-refractivity contribution in [3.05, 3.63) is 0 Å². The summed E-state index contributed by atoms with van der Waals surface area (Å²) in [5.41, 5.74) is 5.95. The van der Waals surface area contributed by atoms with Gasteiger partial charge in [0, 0.05) is 30.5 Å². The highest BCUT2D eigenvalue weighted by Gasteiger charge is 2.53. The summed E-state index contributed by atoms with van der Waals surface area (Å²) in [6.45, 7) is 4.60. The molecule has 3 nitrogen and oxygen atoms in total.